The van der Waals surface area contributed by atoms with Gasteiger partial charge in [-0.15, -0.1) is 0 Å². The summed E-state index contributed by atoms with van der Waals surface area (Å²) in [7, 11) is 3.01. The summed E-state index contributed by atoms with van der Waals surface area (Å²) < 4.78 is 40.3. The van der Waals surface area contributed by atoms with E-state index in [1.54, 1.807) is 4.90 Å². The van der Waals surface area contributed by atoms with Crippen LogP contribution in [0.3, 0.4) is 0 Å². The van der Waals surface area contributed by atoms with E-state index in [1.165, 1.54) is 19.0 Å². The molecule has 24 heavy (non-hydrogen) atoms. The van der Waals surface area contributed by atoms with E-state index in [1.807, 2.05) is 0 Å². The number of benzene rings is 1. The van der Waals surface area contributed by atoms with Gasteiger partial charge in [-0.3, -0.25) is 14.6 Å². The molecule has 6 nitrogen and oxygen atoms in total. The third kappa shape index (κ3) is 3.78. The minimum atomic E-state index is -1.28. The number of hydrogen-bond donors (Lipinski definition) is 1. The third-order valence-electron chi connectivity index (χ3n) is 3.90. The van der Waals surface area contributed by atoms with Crippen LogP contribution in [0.4, 0.5) is 18.0 Å². The first-order valence-corrected chi connectivity index (χ1v) is 7.27. The summed E-state index contributed by atoms with van der Waals surface area (Å²) >= 11 is 0. The Labute approximate surface area is 137 Å². The van der Waals surface area contributed by atoms with Gasteiger partial charge in [0.1, 0.15) is 11.9 Å². The summed E-state index contributed by atoms with van der Waals surface area (Å²) in [5.74, 6) is -3.73. The third-order valence-corrected chi connectivity index (χ3v) is 3.90. The average molecular weight is 345 g/mol. The van der Waals surface area contributed by atoms with Crippen LogP contribution in [0.5, 0.6) is 0 Å². The highest BCUT2D eigenvalue weighted by molar-refractivity contribution is 5.85. The molecule has 1 saturated heterocycles. The Kier molecular flexibility index (Phi) is 5.33. The van der Waals surface area contributed by atoms with Crippen LogP contribution in [0.1, 0.15) is 5.56 Å². The number of halogens is 3. The van der Waals surface area contributed by atoms with Crippen LogP contribution in [0, 0.1) is 17.5 Å². The Morgan fingerprint density at radius 2 is 1.92 bits per heavy atom. The zero-order valence-corrected chi connectivity index (χ0v) is 13.3. The van der Waals surface area contributed by atoms with Crippen LogP contribution in [0.25, 0.3) is 0 Å². The van der Waals surface area contributed by atoms with E-state index >= 15 is 0 Å². The van der Waals surface area contributed by atoms with E-state index in [2.05, 4.69) is 0 Å². The van der Waals surface area contributed by atoms with Gasteiger partial charge in [0.25, 0.3) is 0 Å². The Balaban J connectivity index is 2.19. The second-order valence-corrected chi connectivity index (χ2v) is 5.82. The van der Waals surface area contributed by atoms with Crippen LogP contribution in [-0.4, -0.2) is 71.6 Å². The topological polar surface area (TPSA) is 64.1 Å². The SMILES string of the molecule is CN(C)C(=O)[C@@H]1CN(Cc2cc(F)cc(F)c2F)CCN1C(=O)O. The van der Waals surface area contributed by atoms with Crippen molar-refractivity contribution >= 4 is 12.0 Å². The van der Waals surface area contributed by atoms with E-state index in [-0.39, 0.29) is 31.7 Å². The molecule has 0 aliphatic carbocycles. The van der Waals surface area contributed by atoms with E-state index in [4.69, 9.17) is 0 Å². The zero-order chi connectivity index (χ0) is 18.0. The number of rotatable bonds is 3. The van der Waals surface area contributed by atoms with Gasteiger partial charge in [0.05, 0.1) is 0 Å². The lowest BCUT2D eigenvalue weighted by Gasteiger charge is -2.39. The first kappa shape index (κ1) is 18.1. The highest BCUT2D eigenvalue weighted by Gasteiger charge is 2.36. The van der Waals surface area contributed by atoms with Crippen LogP contribution in [-0.2, 0) is 11.3 Å². The molecule has 1 aromatic carbocycles. The molecule has 0 saturated carbocycles. The summed E-state index contributed by atoms with van der Waals surface area (Å²) in [5.41, 5.74) is -0.174. The lowest BCUT2D eigenvalue weighted by molar-refractivity contribution is -0.136. The summed E-state index contributed by atoms with van der Waals surface area (Å²) in [6.07, 6.45) is -1.22. The number of hydrogen-bond acceptors (Lipinski definition) is 3. The van der Waals surface area contributed by atoms with E-state index < -0.39 is 35.5 Å². The van der Waals surface area contributed by atoms with Gasteiger partial charge in [0.2, 0.25) is 5.91 Å². The zero-order valence-electron chi connectivity index (χ0n) is 13.3. The maximum absolute atomic E-state index is 13.8. The van der Waals surface area contributed by atoms with Gasteiger partial charge in [-0.25, -0.2) is 18.0 Å². The molecule has 1 heterocycles. The summed E-state index contributed by atoms with van der Waals surface area (Å²) in [5, 5.41) is 9.21. The molecule has 2 amide bonds. The molecule has 132 valence electrons. The molecule has 9 heteroatoms. The van der Waals surface area contributed by atoms with Gasteiger partial charge >= 0.3 is 6.09 Å². The lowest BCUT2D eigenvalue weighted by atomic mass is 10.1. The molecule has 2 rings (SSSR count). The van der Waals surface area contributed by atoms with Crippen molar-refractivity contribution in [2.24, 2.45) is 0 Å². The number of piperazine rings is 1. The fraction of sp³-hybridized carbons (Fsp3) is 0.467. The highest BCUT2D eigenvalue weighted by atomic mass is 19.2. The molecule has 0 unspecified atom stereocenters. The average Bonchev–Trinajstić information content (AvgIpc) is 2.50. The monoisotopic (exact) mass is 345 g/mol. The Morgan fingerprint density at radius 1 is 1.25 bits per heavy atom. The number of likely N-dealkylation sites (N-methyl/N-ethyl adjacent to an activating group) is 1. The molecule has 0 bridgehead atoms. The number of amides is 2. The lowest BCUT2D eigenvalue weighted by Crippen LogP contribution is -2.59. The number of nitrogens with zero attached hydrogens (tertiary/aromatic N) is 3. The molecule has 1 aromatic rings. The fourth-order valence-electron chi connectivity index (χ4n) is 2.69. The second kappa shape index (κ2) is 7.08. The minimum absolute atomic E-state index is 0.0148. The van der Waals surface area contributed by atoms with Crippen molar-refractivity contribution in [1.82, 2.24) is 14.7 Å². The van der Waals surface area contributed by atoms with Gasteiger partial charge in [0, 0.05) is 51.9 Å². The fourth-order valence-corrected chi connectivity index (χ4v) is 2.69. The largest absolute Gasteiger partial charge is 0.465 e. The van der Waals surface area contributed by atoms with Crippen LogP contribution in [0.2, 0.25) is 0 Å². The Morgan fingerprint density at radius 3 is 2.50 bits per heavy atom. The second-order valence-electron chi connectivity index (χ2n) is 5.82. The van der Waals surface area contributed by atoms with Gasteiger partial charge in [0.15, 0.2) is 11.6 Å². The van der Waals surface area contributed by atoms with E-state index in [9.17, 15) is 27.9 Å². The molecular formula is C15H18F3N3O3. The number of carbonyl (C=O) groups excluding carboxylic acids is 1. The quantitative estimate of drug-likeness (QED) is 0.840. The predicted molar refractivity (Wildman–Crippen MR) is 78.8 cm³/mol. The van der Waals surface area contributed by atoms with Crippen LogP contribution in [0.15, 0.2) is 12.1 Å². The number of carbonyl (C=O) groups is 2. The van der Waals surface area contributed by atoms with Crippen LogP contribution >= 0.6 is 0 Å². The minimum Gasteiger partial charge on any atom is -0.465 e. The van der Waals surface area contributed by atoms with Crippen molar-refractivity contribution in [3.05, 3.63) is 35.1 Å². The van der Waals surface area contributed by atoms with Crippen molar-refractivity contribution in [2.75, 3.05) is 33.7 Å². The molecule has 1 N–H and O–H groups in total. The molecule has 1 atom stereocenters. The Bertz CT molecular complexity index is 654. The van der Waals surface area contributed by atoms with Crippen molar-refractivity contribution in [2.45, 2.75) is 12.6 Å². The normalized spacial score (nSPS) is 18.5. The van der Waals surface area contributed by atoms with Gasteiger partial charge in [-0.2, -0.15) is 0 Å². The summed E-state index contributed by atoms with van der Waals surface area (Å²) in [6, 6.07) is 0.400. The first-order chi connectivity index (χ1) is 11.2. The first-order valence-electron chi connectivity index (χ1n) is 7.27. The number of carboxylic acid groups (broad SMARTS) is 1. The molecule has 1 fully saturated rings. The molecule has 1 aliphatic heterocycles. The molecule has 1 aliphatic rings. The van der Waals surface area contributed by atoms with E-state index in [0.717, 1.165) is 11.0 Å². The van der Waals surface area contributed by atoms with Crippen molar-refractivity contribution < 1.29 is 27.9 Å². The molecule has 0 aromatic heterocycles. The highest BCUT2D eigenvalue weighted by Crippen LogP contribution is 2.19. The maximum atomic E-state index is 13.8. The standard InChI is InChI=1S/C15H18F3N3O3/c1-19(2)14(22)12-8-20(3-4-21(12)15(23)24)7-9-5-10(16)6-11(17)13(9)18/h5-6,12H,3-4,7-8H2,1-2H3,(H,23,24)/t12-/m0/s1. The van der Waals surface area contributed by atoms with Crippen LogP contribution < -0.4 is 0 Å². The van der Waals surface area contributed by atoms with Gasteiger partial charge < -0.3 is 10.0 Å². The summed E-state index contributed by atoms with van der Waals surface area (Å²) in [6.45, 7) is 0.159. The van der Waals surface area contributed by atoms with Gasteiger partial charge in [-0.1, -0.05) is 0 Å². The molecule has 0 spiro atoms. The van der Waals surface area contributed by atoms with Gasteiger partial charge in [-0.05, 0) is 6.07 Å². The molecular weight excluding hydrogens is 327 g/mol. The maximum Gasteiger partial charge on any atom is 0.408 e. The van der Waals surface area contributed by atoms with Crippen molar-refractivity contribution in [3.8, 4) is 0 Å². The predicted octanol–water partition coefficient (Wildman–Crippen LogP) is 1.36. The van der Waals surface area contributed by atoms with E-state index in [0.29, 0.717) is 6.07 Å². The smallest absolute Gasteiger partial charge is 0.408 e. The van der Waals surface area contributed by atoms with Crippen molar-refractivity contribution in [3.63, 3.8) is 0 Å². The summed E-state index contributed by atoms with van der Waals surface area (Å²) in [4.78, 5) is 27.3. The van der Waals surface area contributed by atoms with Crippen molar-refractivity contribution in [1.29, 1.82) is 0 Å². The molecule has 0 radical (unpaired) electrons. The Hall–Kier alpha value is -2.29.